The van der Waals surface area contributed by atoms with Gasteiger partial charge in [0.05, 0.1) is 18.1 Å². The number of thioether (sulfide) groups is 1. The zero-order valence-electron chi connectivity index (χ0n) is 17.8. The number of rotatable bonds is 3. The number of carbonyl (C=O) groups excluding carboxylic acids is 2. The standard InChI is InChI=1S/C24H26ClN3O2S/c1-16-9-11-26(12-10-16)15-27-21-6-4-3-5-19(21)24(23(27)30)28(22(29)14-31-24)18-8-7-17(2)20(25)13-18/h3-8,13,16H,9-12,14-15H2,1-2H3/t24-/m0/s1. The normalized spacial score (nSPS) is 24.5. The number of aryl methyl sites for hydroxylation is 1. The molecule has 0 N–H and O–H groups in total. The van der Waals surface area contributed by atoms with Gasteiger partial charge >= 0.3 is 0 Å². The van der Waals surface area contributed by atoms with Gasteiger partial charge in [0, 0.05) is 29.4 Å². The third kappa shape index (κ3) is 3.27. The Morgan fingerprint density at radius 2 is 1.87 bits per heavy atom. The van der Waals surface area contributed by atoms with E-state index in [1.54, 1.807) is 11.0 Å². The first-order valence-electron chi connectivity index (χ1n) is 10.8. The molecule has 1 spiro atoms. The summed E-state index contributed by atoms with van der Waals surface area (Å²) < 4.78 is 0. The number of anilines is 2. The van der Waals surface area contributed by atoms with Crippen LogP contribution in [0.5, 0.6) is 0 Å². The molecule has 7 heteroatoms. The Morgan fingerprint density at radius 3 is 2.61 bits per heavy atom. The molecular formula is C24H26ClN3O2S. The zero-order chi connectivity index (χ0) is 21.8. The van der Waals surface area contributed by atoms with Crippen molar-refractivity contribution in [3.8, 4) is 0 Å². The van der Waals surface area contributed by atoms with Gasteiger partial charge in [-0.15, -0.1) is 11.8 Å². The largest absolute Gasteiger partial charge is 0.295 e. The maximum atomic E-state index is 14.1. The summed E-state index contributed by atoms with van der Waals surface area (Å²) in [5.41, 5.74) is 3.40. The van der Waals surface area contributed by atoms with Gasteiger partial charge in [0.25, 0.3) is 5.91 Å². The van der Waals surface area contributed by atoms with Gasteiger partial charge in [-0.2, -0.15) is 0 Å². The minimum absolute atomic E-state index is 0.0418. The van der Waals surface area contributed by atoms with Crippen LogP contribution < -0.4 is 9.80 Å². The molecule has 0 bridgehead atoms. The molecule has 5 rings (SSSR count). The summed E-state index contributed by atoms with van der Waals surface area (Å²) in [6.45, 7) is 6.75. The van der Waals surface area contributed by atoms with Gasteiger partial charge < -0.3 is 0 Å². The highest BCUT2D eigenvalue weighted by atomic mass is 35.5. The van der Waals surface area contributed by atoms with Crippen molar-refractivity contribution in [2.75, 3.05) is 35.3 Å². The predicted octanol–water partition coefficient (Wildman–Crippen LogP) is 4.62. The van der Waals surface area contributed by atoms with Crippen molar-refractivity contribution in [1.29, 1.82) is 0 Å². The molecule has 5 nitrogen and oxygen atoms in total. The van der Waals surface area contributed by atoms with Crippen LogP contribution in [0.25, 0.3) is 0 Å². The molecule has 162 valence electrons. The Hall–Kier alpha value is -2.02. The number of carbonyl (C=O) groups is 2. The quantitative estimate of drug-likeness (QED) is 0.677. The van der Waals surface area contributed by atoms with Gasteiger partial charge in [-0.25, -0.2) is 0 Å². The van der Waals surface area contributed by atoms with E-state index in [1.165, 1.54) is 11.8 Å². The molecule has 2 aromatic rings. The lowest BCUT2D eigenvalue weighted by atomic mass is 10.00. The van der Waals surface area contributed by atoms with E-state index < -0.39 is 4.87 Å². The second kappa shape index (κ2) is 7.84. The lowest BCUT2D eigenvalue weighted by molar-refractivity contribution is -0.124. The Morgan fingerprint density at radius 1 is 1.13 bits per heavy atom. The average molecular weight is 456 g/mol. The molecule has 3 heterocycles. The van der Waals surface area contributed by atoms with Crippen LogP contribution in [0.3, 0.4) is 0 Å². The van der Waals surface area contributed by atoms with Crippen molar-refractivity contribution >= 4 is 46.6 Å². The summed E-state index contributed by atoms with van der Waals surface area (Å²) in [5, 5.41) is 0.593. The number of nitrogens with zero attached hydrogens (tertiary/aromatic N) is 3. The van der Waals surface area contributed by atoms with Gasteiger partial charge in [-0.1, -0.05) is 42.8 Å². The first kappa shape index (κ1) is 20.9. The van der Waals surface area contributed by atoms with Crippen LogP contribution in [0.15, 0.2) is 42.5 Å². The number of halogens is 1. The van der Waals surface area contributed by atoms with E-state index in [0.717, 1.165) is 48.7 Å². The molecular weight excluding hydrogens is 430 g/mol. The first-order valence-corrected chi connectivity index (χ1v) is 12.1. The number of hydrogen-bond acceptors (Lipinski definition) is 4. The van der Waals surface area contributed by atoms with Crippen molar-refractivity contribution in [3.05, 3.63) is 58.6 Å². The van der Waals surface area contributed by atoms with Crippen molar-refractivity contribution in [2.24, 2.45) is 5.92 Å². The molecule has 2 saturated heterocycles. The van der Waals surface area contributed by atoms with E-state index in [-0.39, 0.29) is 17.6 Å². The van der Waals surface area contributed by atoms with Crippen LogP contribution in [0.2, 0.25) is 5.02 Å². The predicted molar refractivity (Wildman–Crippen MR) is 127 cm³/mol. The molecule has 0 aliphatic carbocycles. The van der Waals surface area contributed by atoms with E-state index in [0.29, 0.717) is 17.4 Å². The molecule has 0 radical (unpaired) electrons. The van der Waals surface area contributed by atoms with E-state index >= 15 is 0 Å². The second-order valence-corrected chi connectivity index (χ2v) is 10.4. The number of piperidine rings is 1. The number of para-hydroxylation sites is 1. The molecule has 3 aliphatic heterocycles. The van der Waals surface area contributed by atoms with E-state index in [2.05, 4.69) is 11.8 Å². The topological polar surface area (TPSA) is 43.9 Å². The molecule has 2 aromatic carbocycles. The minimum Gasteiger partial charge on any atom is -0.295 e. The maximum Gasteiger partial charge on any atom is 0.269 e. The molecule has 31 heavy (non-hydrogen) atoms. The summed E-state index contributed by atoms with van der Waals surface area (Å²) in [6, 6.07) is 13.5. The minimum atomic E-state index is -1.07. The van der Waals surface area contributed by atoms with Crippen LogP contribution in [-0.4, -0.2) is 42.2 Å². The number of likely N-dealkylation sites (tertiary alicyclic amines) is 1. The van der Waals surface area contributed by atoms with E-state index in [1.807, 2.05) is 48.2 Å². The van der Waals surface area contributed by atoms with Gasteiger partial charge in [-0.3, -0.25) is 24.3 Å². The third-order valence-electron chi connectivity index (χ3n) is 6.70. The van der Waals surface area contributed by atoms with Crippen molar-refractivity contribution in [3.63, 3.8) is 0 Å². The van der Waals surface area contributed by atoms with Crippen LogP contribution in [0.4, 0.5) is 11.4 Å². The number of benzene rings is 2. The lowest BCUT2D eigenvalue weighted by Gasteiger charge is -2.36. The first-order chi connectivity index (χ1) is 14.9. The highest BCUT2D eigenvalue weighted by Gasteiger charge is 2.61. The fraction of sp³-hybridized carbons (Fsp3) is 0.417. The van der Waals surface area contributed by atoms with E-state index in [4.69, 9.17) is 11.6 Å². The van der Waals surface area contributed by atoms with Crippen molar-refractivity contribution < 1.29 is 9.59 Å². The lowest BCUT2D eigenvalue weighted by Crippen LogP contribution is -2.52. The molecule has 0 unspecified atom stereocenters. The van der Waals surface area contributed by atoms with Crippen LogP contribution in [0, 0.1) is 12.8 Å². The summed E-state index contributed by atoms with van der Waals surface area (Å²) >= 11 is 7.81. The monoisotopic (exact) mass is 455 g/mol. The number of amides is 2. The molecule has 1 atom stereocenters. The average Bonchev–Trinajstić information content (AvgIpc) is 3.23. The number of fused-ring (bicyclic) bond motifs is 2. The molecule has 0 aromatic heterocycles. The van der Waals surface area contributed by atoms with E-state index in [9.17, 15) is 9.59 Å². The summed E-state index contributed by atoms with van der Waals surface area (Å²) in [5.74, 6) is 0.885. The molecule has 0 saturated carbocycles. The maximum absolute atomic E-state index is 14.1. The van der Waals surface area contributed by atoms with Gasteiger partial charge in [0.1, 0.15) is 0 Å². The van der Waals surface area contributed by atoms with Crippen LogP contribution in [0.1, 0.15) is 30.9 Å². The van der Waals surface area contributed by atoms with Crippen LogP contribution in [-0.2, 0) is 14.5 Å². The SMILES string of the molecule is Cc1ccc(N2C(=O)CS[C@@]23C(=O)N(CN2CCC(C)CC2)c2ccccc23)cc1Cl. The number of hydrogen-bond donors (Lipinski definition) is 0. The Kier molecular flexibility index (Phi) is 5.27. The second-order valence-electron chi connectivity index (χ2n) is 8.79. The summed E-state index contributed by atoms with van der Waals surface area (Å²) in [7, 11) is 0. The Bertz CT molecular complexity index is 1050. The van der Waals surface area contributed by atoms with Gasteiger partial charge in [0.2, 0.25) is 10.8 Å². The summed E-state index contributed by atoms with van der Waals surface area (Å²) in [4.78, 5) is 32.0. The fourth-order valence-corrected chi connectivity index (χ4v) is 6.35. The van der Waals surface area contributed by atoms with Gasteiger partial charge in [-0.05, 0) is 49.4 Å². The summed E-state index contributed by atoms with van der Waals surface area (Å²) in [6.07, 6.45) is 2.30. The molecule has 2 fully saturated rings. The zero-order valence-corrected chi connectivity index (χ0v) is 19.4. The van der Waals surface area contributed by atoms with Gasteiger partial charge in [0.15, 0.2) is 0 Å². The highest BCUT2D eigenvalue weighted by Crippen LogP contribution is 2.55. The highest BCUT2D eigenvalue weighted by molar-refractivity contribution is 8.02. The van der Waals surface area contributed by atoms with Crippen molar-refractivity contribution in [2.45, 2.75) is 31.6 Å². The smallest absolute Gasteiger partial charge is 0.269 e. The van der Waals surface area contributed by atoms with Crippen molar-refractivity contribution in [1.82, 2.24) is 4.90 Å². The third-order valence-corrected chi connectivity index (χ3v) is 8.49. The fourth-order valence-electron chi connectivity index (χ4n) is 4.82. The molecule has 2 amide bonds. The molecule has 3 aliphatic rings. The Balaban J connectivity index is 1.57. The van der Waals surface area contributed by atoms with Crippen LogP contribution >= 0.6 is 23.4 Å². The Labute approximate surface area is 192 Å².